The Morgan fingerprint density at radius 3 is 2.54 bits per heavy atom. The van der Waals surface area contributed by atoms with Crippen molar-refractivity contribution >= 4 is 46.0 Å². The van der Waals surface area contributed by atoms with Gasteiger partial charge in [0.05, 0.1) is 17.2 Å². The molecule has 0 bridgehead atoms. The van der Waals surface area contributed by atoms with Crippen LogP contribution in [0.1, 0.15) is 12.7 Å². The van der Waals surface area contributed by atoms with Gasteiger partial charge >= 0.3 is 0 Å². The highest BCUT2D eigenvalue weighted by molar-refractivity contribution is 8.27. The number of nitrogens with zero attached hydrogens (tertiary/aromatic N) is 1. The van der Waals surface area contributed by atoms with Crippen molar-refractivity contribution in [2.75, 3.05) is 11.5 Å². The van der Waals surface area contributed by atoms with Gasteiger partial charge in [-0.25, -0.2) is 0 Å². The fraction of sp³-hybridized carbons (Fsp3) is 0.0909. The maximum Gasteiger partial charge on any atom is 0.270 e. The summed E-state index contributed by atoms with van der Waals surface area (Å²) < 4.78 is 11.8. The average Bonchev–Trinajstić information content (AvgIpc) is 3.29. The van der Waals surface area contributed by atoms with Crippen LogP contribution in [0.15, 0.2) is 76.1 Å². The molecule has 1 aliphatic rings. The minimum absolute atomic E-state index is 0.156. The first kappa shape index (κ1) is 18.5. The summed E-state index contributed by atoms with van der Waals surface area (Å²) in [5.74, 6) is 1.98. The fourth-order valence-electron chi connectivity index (χ4n) is 2.87. The molecule has 1 saturated heterocycles. The summed E-state index contributed by atoms with van der Waals surface area (Å²) >= 11 is 6.69. The number of rotatable bonds is 5. The number of carbonyl (C=O) groups is 1. The summed E-state index contributed by atoms with van der Waals surface area (Å²) in [7, 11) is 0. The molecule has 1 aromatic heterocycles. The lowest BCUT2D eigenvalue weighted by Crippen LogP contribution is -2.27. The molecule has 3 aromatic rings. The van der Waals surface area contributed by atoms with Gasteiger partial charge in [0.15, 0.2) is 4.32 Å². The lowest BCUT2D eigenvalue weighted by Gasteiger charge is -2.15. The molecule has 28 heavy (non-hydrogen) atoms. The van der Waals surface area contributed by atoms with Gasteiger partial charge in [0.25, 0.3) is 5.91 Å². The molecule has 1 aliphatic heterocycles. The smallest absolute Gasteiger partial charge is 0.270 e. The quantitative estimate of drug-likeness (QED) is 0.398. The van der Waals surface area contributed by atoms with Gasteiger partial charge in [0.2, 0.25) is 0 Å². The number of hydrogen-bond acceptors (Lipinski definition) is 5. The van der Waals surface area contributed by atoms with E-state index < -0.39 is 0 Å². The number of hydrogen-bond donors (Lipinski definition) is 0. The normalized spacial score (nSPS) is 15.5. The third-order valence-electron chi connectivity index (χ3n) is 4.16. The Balaban J connectivity index is 1.56. The summed E-state index contributed by atoms with van der Waals surface area (Å²) in [4.78, 5) is 14.9. The van der Waals surface area contributed by atoms with E-state index in [-0.39, 0.29) is 5.91 Å². The summed E-state index contributed by atoms with van der Waals surface area (Å²) in [6, 6.07) is 20.9. The highest BCUT2D eigenvalue weighted by Gasteiger charge is 2.33. The van der Waals surface area contributed by atoms with Crippen LogP contribution >= 0.6 is 24.0 Å². The molecular weight excluding hydrogens is 390 g/mol. The predicted molar refractivity (Wildman–Crippen MR) is 117 cm³/mol. The van der Waals surface area contributed by atoms with Crippen LogP contribution in [0.3, 0.4) is 0 Å². The van der Waals surface area contributed by atoms with Gasteiger partial charge in [-0.15, -0.1) is 0 Å². The number of anilines is 1. The second kappa shape index (κ2) is 8.04. The number of benzene rings is 2. The third-order valence-corrected chi connectivity index (χ3v) is 5.46. The second-order valence-electron chi connectivity index (χ2n) is 6.01. The average molecular weight is 408 g/mol. The van der Waals surface area contributed by atoms with E-state index in [2.05, 4.69) is 0 Å². The third kappa shape index (κ3) is 3.74. The summed E-state index contributed by atoms with van der Waals surface area (Å²) in [5, 5.41) is 0. The molecule has 0 N–H and O–H groups in total. The van der Waals surface area contributed by atoms with Gasteiger partial charge in [-0.3, -0.25) is 9.69 Å². The van der Waals surface area contributed by atoms with E-state index >= 15 is 0 Å². The fourth-order valence-corrected chi connectivity index (χ4v) is 4.14. The Kier molecular flexibility index (Phi) is 5.32. The van der Waals surface area contributed by atoms with Gasteiger partial charge in [0.1, 0.15) is 17.3 Å². The highest BCUT2D eigenvalue weighted by Crippen LogP contribution is 2.37. The minimum Gasteiger partial charge on any atom is -0.494 e. The molecule has 0 spiro atoms. The molecule has 1 amide bonds. The van der Waals surface area contributed by atoms with Crippen LogP contribution in [-0.2, 0) is 4.79 Å². The Hall–Kier alpha value is -2.83. The molecule has 0 radical (unpaired) electrons. The first-order valence-corrected chi connectivity index (χ1v) is 10.0. The van der Waals surface area contributed by atoms with Crippen LogP contribution in [0.2, 0.25) is 0 Å². The van der Waals surface area contributed by atoms with Crippen LogP contribution in [0.25, 0.3) is 17.4 Å². The van der Waals surface area contributed by atoms with Crippen molar-refractivity contribution in [3.05, 3.63) is 77.4 Å². The zero-order valence-electron chi connectivity index (χ0n) is 15.1. The van der Waals surface area contributed by atoms with E-state index in [9.17, 15) is 4.79 Å². The molecule has 4 nitrogen and oxygen atoms in total. The van der Waals surface area contributed by atoms with Gasteiger partial charge in [0, 0.05) is 11.6 Å². The van der Waals surface area contributed by atoms with Crippen LogP contribution in [0.5, 0.6) is 5.75 Å². The number of ether oxygens (including phenoxy) is 1. The van der Waals surface area contributed by atoms with Crippen LogP contribution in [-0.4, -0.2) is 16.8 Å². The number of thiocarbonyl (C=S) groups is 1. The number of carbonyl (C=O) groups excluding carboxylic acids is 1. The van der Waals surface area contributed by atoms with Crippen molar-refractivity contribution in [3.63, 3.8) is 0 Å². The van der Waals surface area contributed by atoms with E-state index in [1.165, 1.54) is 16.7 Å². The highest BCUT2D eigenvalue weighted by atomic mass is 32.2. The maximum absolute atomic E-state index is 12.9. The monoisotopic (exact) mass is 407 g/mol. The van der Waals surface area contributed by atoms with Gasteiger partial charge in [-0.05, 0) is 43.3 Å². The second-order valence-corrected chi connectivity index (χ2v) is 7.69. The summed E-state index contributed by atoms with van der Waals surface area (Å²) in [5.41, 5.74) is 1.71. The molecule has 2 aromatic carbocycles. The molecule has 0 atom stereocenters. The zero-order valence-corrected chi connectivity index (χ0v) is 16.8. The molecule has 2 heterocycles. The van der Waals surface area contributed by atoms with Crippen molar-refractivity contribution in [2.45, 2.75) is 6.92 Å². The van der Waals surface area contributed by atoms with Crippen molar-refractivity contribution in [1.82, 2.24) is 0 Å². The molecule has 1 fully saturated rings. The molecule has 4 rings (SSSR count). The van der Waals surface area contributed by atoms with E-state index in [0.29, 0.717) is 21.6 Å². The van der Waals surface area contributed by atoms with E-state index in [0.717, 1.165) is 22.8 Å². The molecule has 6 heteroatoms. The lowest BCUT2D eigenvalue weighted by molar-refractivity contribution is -0.113. The molecule has 0 aliphatic carbocycles. The van der Waals surface area contributed by atoms with Crippen molar-refractivity contribution < 1.29 is 13.9 Å². The van der Waals surface area contributed by atoms with Gasteiger partial charge in [-0.2, -0.15) is 0 Å². The van der Waals surface area contributed by atoms with Crippen molar-refractivity contribution in [3.8, 4) is 17.1 Å². The lowest BCUT2D eigenvalue weighted by atomic mass is 10.2. The van der Waals surface area contributed by atoms with Crippen LogP contribution in [0.4, 0.5) is 5.69 Å². The number of thioether (sulfide) groups is 1. The minimum atomic E-state index is -0.156. The van der Waals surface area contributed by atoms with Crippen LogP contribution < -0.4 is 9.64 Å². The van der Waals surface area contributed by atoms with Gasteiger partial charge in [-0.1, -0.05) is 54.3 Å². The molecule has 0 saturated carbocycles. The molecule has 140 valence electrons. The van der Waals surface area contributed by atoms with E-state index in [1.807, 2.05) is 73.7 Å². The summed E-state index contributed by atoms with van der Waals surface area (Å²) in [6.07, 6.45) is 1.74. The Labute approximate surface area is 172 Å². The Morgan fingerprint density at radius 1 is 1.07 bits per heavy atom. The van der Waals surface area contributed by atoms with Crippen molar-refractivity contribution in [2.24, 2.45) is 0 Å². The SMILES string of the molecule is CCOc1ccc(N2C(=O)/C(=C\c3ccc(-c4ccccc4)o3)SC2=S)cc1. The Morgan fingerprint density at radius 2 is 1.82 bits per heavy atom. The first-order valence-electron chi connectivity index (χ1n) is 8.82. The maximum atomic E-state index is 12.9. The van der Waals surface area contributed by atoms with Crippen LogP contribution in [0, 0.1) is 0 Å². The summed E-state index contributed by atoms with van der Waals surface area (Å²) in [6.45, 7) is 2.52. The van der Waals surface area contributed by atoms with E-state index in [1.54, 1.807) is 6.08 Å². The van der Waals surface area contributed by atoms with E-state index in [4.69, 9.17) is 21.4 Å². The van der Waals surface area contributed by atoms with Gasteiger partial charge < -0.3 is 9.15 Å². The number of furan rings is 1. The standard InChI is InChI=1S/C22H17NO3S2/c1-2-25-17-10-8-16(9-11-17)23-21(24)20(28-22(23)27)14-18-12-13-19(26-18)15-6-4-3-5-7-15/h3-14H,2H2,1H3/b20-14+. The predicted octanol–water partition coefficient (Wildman–Crippen LogP) is 5.75. The molecular formula is C22H17NO3S2. The Bertz CT molecular complexity index is 1040. The number of amides is 1. The topological polar surface area (TPSA) is 42.7 Å². The zero-order chi connectivity index (χ0) is 19.5. The molecule has 0 unspecified atom stereocenters. The largest absolute Gasteiger partial charge is 0.494 e. The first-order chi connectivity index (χ1) is 13.7. The van der Waals surface area contributed by atoms with Crippen molar-refractivity contribution in [1.29, 1.82) is 0 Å².